The molecule has 3 rings (SSSR count). The molecule has 2 heterocycles. The summed E-state index contributed by atoms with van der Waals surface area (Å²) < 4.78 is 31.2. The Balaban J connectivity index is 1.87. The molecule has 0 aliphatic carbocycles. The Morgan fingerprint density at radius 1 is 1.16 bits per heavy atom. The standard InChI is InChI=1S/C18H17NO4S2/c1-13-6-8-14(9-7-13)25(21,22)17(16-5-3-11-24-16)12-19-18(20)15-4-2-10-23-15/h2-11,17H,12H2,1H3,(H,19,20). The molecule has 0 saturated heterocycles. The summed E-state index contributed by atoms with van der Waals surface area (Å²) in [5, 5.41) is 3.62. The Kier molecular flexibility index (Phi) is 5.06. The molecule has 1 aromatic carbocycles. The predicted molar refractivity (Wildman–Crippen MR) is 96.5 cm³/mol. The summed E-state index contributed by atoms with van der Waals surface area (Å²) in [5.41, 5.74) is 0.984. The lowest BCUT2D eigenvalue weighted by molar-refractivity contribution is 0.0926. The van der Waals surface area contributed by atoms with Crippen molar-refractivity contribution in [1.82, 2.24) is 5.32 Å². The molecular formula is C18H17NO4S2. The van der Waals surface area contributed by atoms with E-state index in [1.54, 1.807) is 42.5 Å². The minimum Gasteiger partial charge on any atom is -0.459 e. The average molecular weight is 375 g/mol. The highest BCUT2D eigenvalue weighted by atomic mass is 32.2. The SMILES string of the molecule is Cc1ccc(S(=O)(=O)C(CNC(=O)c2ccco2)c2cccs2)cc1. The third-order valence-electron chi connectivity index (χ3n) is 3.78. The van der Waals surface area contributed by atoms with Crippen molar-refractivity contribution in [3.05, 3.63) is 76.4 Å². The molecule has 1 atom stereocenters. The first-order valence-corrected chi connectivity index (χ1v) is 10.1. The lowest BCUT2D eigenvalue weighted by atomic mass is 10.2. The van der Waals surface area contributed by atoms with Crippen molar-refractivity contribution in [2.75, 3.05) is 6.54 Å². The van der Waals surface area contributed by atoms with Crippen molar-refractivity contribution in [2.45, 2.75) is 17.1 Å². The van der Waals surface area contributed by atoms with E-state index in [2.05, 4.69) is 5.32 Å². The molecule has 1 unspecified atom stereocenters. The van der Waals surface area contributed by atoms with Crippen LogP contribution in [0.2, 0.25) is 0 Å². The first kappa shape index (κ1) is 17.4. The highest BCUT2D eigenvalue weighted by Crippen LogP contribution is 2.31. The molecule has 25 heavy (non-hydrogen) atoms. The molecule has 7 heteroatoms. The normalized spacial score (nSPS) is 12.7. The number of carbonyl (C=O) groups is 1. The molecule has 3 aromatic rings. The number of aryl methyl sites for hydroxylation is 1. The van der Waals surface area contributed by atoms with Crippen LogP contribution in [0.1, 0.15) is 26.2 Å². The Bertz CT molecular complexity index is 928. The van der Waals surface area contributed by atoms with Gasteiger partial charge in [0.25, 0.3) is 5.91 Å². The molecule has 1 amide bonds. The van der Waals surface area contributed by atoms with Crippen LogP contribution in [0.15, 0.2) is 69.5 Å². The topological polar surface area (TPSA) is 76.4 Å². The van der Waals surface area contributed by atoms with Gasteiger partial charge in [-0.15, -0.1) is 11.3 Å². The fourth-order valence-corrected chi connectivity index (χ4v) is 5.19. The molecule has 0 spiro atoms. The molecule has 2 aromatic heterocycles. The molecule has 0 aliphatic heterocycles. The number of amides is 1. The zero-order chi connectivity index (χ0) is 17.9. The van der Waals surface area contributed by atoms with Gasteiger partial charge in [-0.1, -0.05) is 23.8 Å². The van der Waals surface area contributed by atoms with Crippen molar-refractivity contribution >= 4 is 27.1 Å². The van der Waals surface area contributed by atoms with Crippen LogP contribution in [-0.4, -0.2) is 20.9 Å². The lowest BCUT2D eigenvalue weighted by Crippen LogP contribution is -2.31. The Labute approximate surface area is 150 Å². The summed E-state index contributed by atoms with van der Waals surface area (Å²) in [6, 6.07) is 13.4. The summed E-state index contributed by atoms with van der Waals surface area (Å²) in [6.07, 6.45) is 1.40. The Hall–Kier alpha value is -2.38. The average Bonchev–Trinajstić information content (AvgIpc) is 3.29. The zero-order valence-electron chi connectivity index (χ0n) is 13.5. The minimum atomic E-state index is -3.64. The van der Waals surface area contributed by atoms with Gasteiger partial charge in [-0.05, 0) is 42.6 Å². The van der Waals surface area contributed by atoms with E-state index in [9.17, 15) is 13.2 Å². The van der Waals surface area contributed by atoms with Gasteiger partial charge in [0, 0.05) is 11.4 Å². The summed E-state index contributed by atoms with van der Waals surface area (Å²) >= 11 is 1.35. The molecule has 1 N–H and O–H groups in total. The van der Waals surface area contributed by atoms with Gasteiger partial charge in [0.05, 0.1) is 11.2 Å². The quantitative estimate of drug-likeness (QED) is 0.714. The maximum Gasteiger partial charge on any atom is 0.287 e. The van der Waals surface area contributed by atoms with E-state index < -0.39 is 21.0 Å². The number of sulfone groups is 1. The first-order valence-electron chi connectivity index (χ1n) is 7.64. The number of thiophene rings is 1. The van der Waals surface area contributed by atoms with Gasteiger partial charge in [-0.25, -0.2) is 8.42 Å². The minimum absolute atomic E-state index is 0.0315. The van der Waals surface area contributed by atoms with Gasteiger partial charge in [0.2, 0.25) is 0 Å². The monoisotopic (exact) mass is 375 g/mol. The highest BCUT2D eigenvalue weighted by molar-refractivity contribution is 7.91. The first-order chi connectivity index (χ1) is 12.0. The number of nitrogens with one attached hydrogen (secondary N) is 1. The van der Waals surface area contributed by atoms with E-state index in [1.807, 2.05) is 12.3 Å². The van der Waals surface area contributed by atoms with Gasteiger partial charge in [0.15, 0.2) is 15.6 Å². The van der Waals surface area contributed by atoms with E-state index >= 15 is 0 Å². The summed E-state index contributed by atoms with van der Waals surface area (Å²) in [4.78, 5) is 13.0. The second kappa shape index (κ2) is 7.25. The molecule has 0 radical (unpaired) electrons. The van der Waals surface area contributed by atoms with Crippen LogP contribution in [-0.2, 0) is 9.84 Å². The molecule has 5 nitrogen and oxygen atoms in total. The van der Waals surface area contributed by atoms with Crippen LogP contribution in [0.25, 0.3) is 0 Å². The fourth-order valence-electron chi connectivity index (χ4n) is 2.41. The Morgan fingerprint density at radius 3 is 2.52 bits per heavy atom. The van der Waals surface area contributed by atoms with Crippen LogP contribution in [0.4, 0.5) is 0 Å². The van der Waals surface area contributed by atoms with Crippen molar-refractivity contribution in [2.24, 2.45) is 0 Å². The fraction of sp³-hybridized carbons (Fsp3) is 0.167. The van der Waals surface area contributed by atoms with Crippen LogP contribution >= 0.6 is 11.3 Å². The lowest BCUT2D eigenvalue weighted by Gasteiger charge is -2.17. The van der Waals surface area contributed by atoms with Crippen molar-refractivity contribution < 1.29 is 17.6 Å². The van der Waals surface area contributed by atoms with E-state index in [0.717, 1.165) is 5.56 Å². The van der Waals surface area contributed by atoms with Crippen LogP contribution < -0.4 is 5.32 Å². The molecule has 0 saturated carbocycles. The Morgan fingerprint density at radius 2 is 1.92 bits per heavy atom. The number of benzene rings is 1. The summed E-state index contributed by atoms with van der Waals surface area (Å²) in [6.45, 7) is 1.87. The zero-order valence-corrected chi connectivity index (χ0v) is 15.1. The molecule has 130 valence electrons. The van der Waals surface area contributed by atoms with Gasteiger partial charge in [-0.3, -0.25) is 4.79 Å². The summed E-state index contributed by atoms with van der Waals surface area (Å²) in [7, 11) is -3.64. The van der Waals surface area contributed by atoms with E-state index in [1.165, 1.54) is 23.7 Å². The van der Waals surface area contributed by atoms with E-state index in [-0.39, 0.29) is 17.2 Å². The van der Waals surface area contributed by atoms with Gasteiger partial charge < -0.3 is 9.73 Å². The van der Waals surface area contributed by atoms with Crippen molar-refractivity contribution in [3.63, 3.8) is 0 Å². The largest absolute Gasteiger partial charge is 0.459 e. The van der Waals surface area contributed by atoms with Crippen molar-refractivity contribution in [1.29, 1.82) is 0 Å². The molecular weight excluding hydrogens is 358 g/mol. The van der Waals surface area contributed by atoms with Gasteiger partial charge in [-0.2, -0.15) is 0 Å². The van der Waals surface area contributed by atoms with Crippen LogP contribution in [0.3, 0.4) is 0 Å². The second-order valence-electron chi connectivity index (χ2n) is 5.55. The van der Waals surface area contributed by atoms with E-state index in [0.29, 0.717) is 4.88 Å². The third kappa shape index (κ3) is 3.83. The number of hydrogen-bond acceptors (Lipinski definition) is 5. The number of furan rings is 1. The molecule has 0 bridgehead atoms. The van der Waals surface area contributed by atoms with E-state index in [4.69, 9.17) is 4.42 Å². The van der Waals surface area contributed by atoms with Crippen LogP contribution in [0.5, 0.6) is 0 Å². The summed E-state index contributed by atoms with van der Waals surface area (Å²) in [5.74, 6) is -0.289. The molecule has 0 fully saturated rings. The number of hydrogen-bond donors (Lipinski definition) is 1. The number of rotatable bonds is 6. The van der Waals surface area contributed by atoms with Gasteiger partial charge in [0.1, 0.15) is 5.25 Å². The predicted octanol–water partition coefficient (Wildman–Crippen LogP) is 3.59. The maximum absolute atomic E-state index is 13.1. The molecule has 0 aliphatic rings. The smallest absolute Gasteiger partial charge is 0.287 e. The second-order valence-corrected chi connectivity index (χ2v) is 8.66. The van der Waals surface area contributed by atoms with Crippen LogP contribution in [0, 0.1) is 6.92 Å². The number of carbonyl (C=O) groups excluding carboxylic acids is 1. The van der Waals surface area contributed by atoms with Gasteiger partial charge >= 0.3 is 0 Å². The third-order valence-corrected chi connectivity index (χ3v) is 7.01. The highest BCUT2D eigenvalue weighted by Gasteiger charge is 2.30. The van der Waals surface area contributed by atoms with Crippen molar-refractivity contribution in [3.8, 4) is 0 Å². The maximum atomic E-state index is 13.1.